The van der Waals surface area contributed by atoms with Crippen LogP contribution in [-0.2, 0) is 16.4 Å². The number of sulfonamides is 1. The second kappa shape index (κ2) is 7.57. The quantitative estimate of drug-likeness (QED) is 0.623. The molecule has 148 valence electrons. The summed E-state index contributed by atoms with van der Waals surface area (Å²) in [4.78, 5) is 2.13. The molecule has 28 heavy (non-hydrogen) atoms. The fourth-order valence-corrected chi connectivity index (χ4v) is 4.51. The van der Waals surface area contributed by atoms with Crippen molar-refractivity contribution in [3.05, 3.63) is 47.5 Å². The Labute approximate surface area is 167 Å². The zero-order valence-electron chi connectivity index (χ0n) is 15.2. The van der Waals surface area contributed by atoms with Crippen molar-refractivity contribution in [3.8, 4) is 11.5 Å². The van der Waals surface area contributed by atoms with Gasteiger partial charge < -0.3 is 13.7 Å². The summed E-state index contributed by atoms with van der Waals surface area (Å²) in [6, 6.07) is 8.94. The normalized spacial score (nSPS) is 15.9. The minimum Gasteiger partial charge on any atom is -0.451 e. The highest BCUT2D eigenvalue weighted by molar-refractivity contribution is 7.89. The zero-order chi connectivity index (χ0) is 19.7. The van der Waals surface area contributed by atoms with E-state index in [0.717, 1.165) is 5.69 Å². The Bertz CT molecular complexity index is 1050. The van der Waals surface area contributed by atoms with Crippen LogP contribution in [0.15, 0.2) is 50.5 Å². The molecule has 0 radical (unpaired) electrons. The molecule has 10 heteroatoms. The maximum absolute atomic E-state index is 12.9. The van der Waals surface area contributed by atoms with Crippen LogP contribution in [0.1, 0.15) is 12.8 Å². The SMILES string of the molecule is CCc1nnc(-c2coc(S(=O)(=O)N3CCN(c4ccc(Cl)cc4)CC3)c2)o1. The number of furan rings is 1. The Balaban J connectivity index is 1.46. The molecular weight excluding hydrogens is 404 g/mol. The second-order valence-corrected chi connectivity index (χ2v) is 8.68. The van der Waals surface area contributed by atoms with Crippen LogP contribution in [0.5, 0.6) is 0 Å². The maximum atomic E-state index is 12.9. The lowest BCUT2D eigenvalue weighted by atomic mass is 10.2. The van der Waals surface area contributed by atoms with E-state index in [9.17, 15) is 8.42 Å². The molecule has 1 saturated heterocycles. The van der Waals surface area contributed by atoms with E-state index in [4.69, 9.17) is 20.4 Å². The van der Waals surface area contributed by atoms with Crippen molar-refractivity contribution in [1.29, 1.82) is 0 Å². The van der Waals surface area contributed by atoms with Gasteiger partial charge in [0.25, 0.3) is 15.9 Å². The number of rotatable bonds is 5. The number of anilines is 1. The minimum atomic E-state index is -3.73. The average Bonchev–Trinajstić information content (AvgIpc) is 3.38. The van der Waals surface area contributed by atoms with E-state index in [1.54, 1.807) is 0 Å². The summed E-state index contributed by atoms with van der Waals surface area (Å²) in [5.74, 6) is 0.730. The molecule has 0 atom stereocenters. The molecule has 1 aromatic carbocycles. The molecule has 0 saturated carbocycles. The molecule has 8 nitrogen and oxygen atoms in total. The summed E-state index contributed by atoms with van der Waals surface area (Å²) in [5.41, 5.74) is 1.47. The van der Waals surface area contributed by atoms with Gasteiger partial charge >= 0.3 is 0 Å². The number of hydrogen-bond donors (Lipinski definition) is 0. The third-order valence-corrected chi connectivity index (χ3v) is 6.64. The first-order valence-electron chi connectivity index (χ1n) is 8.89. The van der Waals surface area contributed by atoms with Gasteiger partial charge in [0.05, 0.1) is 5.56 Å². The molecule has 0 bridgehead atoms. The fourth-order valence-electron chi connectivity index (χ4n) is 3.04. The summed E-state index contributed by atoms with van der Waals surface area (Å²) in [6.07, 6.45) is 1.93. The van der Waals surface area contributed by atoms with Crippen molar-refractivity contribution in [2.24, 2.45) is 0 Å². The largest absolute Gasteiger partial charge is 0.451 e. The molecule has 0 N–H and O–H groups in total. The van der Waals surface area contributed by atoms with Gasteiger partial charge in [-0.2, -0.15) is 4.31 Å². The minimum absolute atomic E-state index is 0.126. The lowest BCUT2D eigenvalue weighted by molar-refractivity contribution is 0.362. The van der Waals surface area contributed by atoms with Gasteiger partial charge in [-0.1, -0.05) is 18.5 Å². The number of aromatic nitrogens is 2. The van der Waals surface area contributed by atoms with Gasteiger partial charge in [0, 0.05) is 49.4 Å². The summed E-state index contributed by atoms with van der Waals surface area (Å²) in [6.45, 7) is 3.78. The van der Waals surface area contributed by atoms with Crippen molar-refractivity contribution in [1.82, 2.24) is 14.5 Å². The molecule has 0 amide bonds. The Morgan fingerprint density at radius 2 is 1.82 bits per heavy atom. The number of aryl methyl sites for hydroxylation is 1. The number of hydrogen-bond acceptors (Lipinski definition) is 7. The molecular formula is C18H19ClN4O4S. The van der Waals surface area contributed by atoms with Gasteiger partial charge in [-0.3, -0.25) is 0 Å². The molecule has 1 aliphatic rings. The Kier molecular flexibility index (Phi) is 5.13. The molecule has 4 rings (SSSR count). The van der Waals surface area contributed by atoms with Crippen LogP contribution in [0.25, 0.3) is 11.5 Å². The summed E-state index contributed by atoms with van der Waals surface area (Å²) < 4.78 is 38.0. The van der Waals surface area contributed by atoms with E-state index < -0.39 is 10.0 Å². The van der Waals surface area contributed by atoms with Crippen LogP contribution in [0, 0.1) is 0 Å². The molecule has 0 spiro atoms. The predicted molar refractivity (Wildman–Crippen MR) is 104 cm³/mol. The topological polar surface area (TPSA) is 92.7 Å². The molecule has 1 aliphatic heterocycles. The van der Waals surface area contributed by atoms with Crippen molar-refractivity contribution in [2.75, 3.05) is 31.1 Å². The first-order chi connectivity index (χ1) is 13.5. The lowest BCUT2D eigenvalue weighted by Crippen LogP contribution is -2.48. The average molecular weight is 423 g/mol. The predicted octanol–water partition coefficient (Wildman–Crippen LogP) is 3.06. The van der Waals surface area contributed by atoms with Crippen LogP contribution in [0.4, 0.5) is 5.69 Å². The fraction of sp³-hybridized carbons (Fsp3) is 0.333. The maximum Gasteiger partial charge on any atom is 0.276 e. The van der Waals surface area contributed by atoms with Gasteiger partial charge in [-0.15, -0.1) is 10.2 Å². The van der Waals surface area contributed by atoms with Gasteiger partial charge in [-0.05, 0) is 24.3 Å². The van der Waals surface area contributed by atoms with Crippen molar-refractivity contribution in [3.63, 3.8) is 0 Å². The highest BCUT2D eigenvalue weighted by Gasteiger charge is 2.31. The van der Waals surface area contributed by atoms with Crippen molar-refractivity contribution >= 4 is 27.3 Å². The number of piperazine rings is 1. The summed E-state index contributed by atoms with van der Waals surface area (Å²) >= 11 is 5.93. The van der Waals surface area contributed by atoms with Crippen LogP contribution in [-0.4, -0.2) is 49.1 Å². The van der Waals surface area contributed by atoms with Crippen molar-refractivity contribution < 1.29 is 17.3 Å². The summed E-state index contributed by atoms with van der Waals surface area (Å²) in [5, 5.41) is 8.34. The van der Waals surface area contributed by atoms with E-state index >= 15 is 0 Å². The van der Waals surface area contributed by atoms with E-state index in [0.29, 0.717) is 49.1 Å². The first-order valence-corrected chi connectivity index (χ1v) is 10.7. The van der Waals surface area contributed by atoms with E-state index in [1.165, 1.54) is 16.6 Å². The van der Waals surface area contributed by atoms with Crippen molar-refractivity contribution in [2.45, 2.75) is 18.4 Å². The van der Waals surface area contributed by atoms with Crippen LogP contribution in [0.3, 0.4) is 0 Å². The number of halogens is 1. The molecule has 0 unspecified atom stereocenters. The third-order valence-electron chi connectivity index (χ3n) is 4.62. The zero-order valence-corrected chi connectivity index (χ0v) is 16.8. The highest BCUT2D eigenvalue weighted by atomic mass is 35.5. The van der Waals surface area contributed by atoms with Gasteiger partial charge in [-0.25, -0.2) is 8.42 Å². The Hall–Kier alpha value is -2.36. The Morgan fingerprint density at radius 3 is 2.46 bits per heavy atom. The van der Waals surface area contributed by atoms with Gasteiger partial charge in [0.1, 0.15) is 6.26 Å². The molecule has 2 aromatic heterocycles. The molecule has 3 heterocycles. The lowest BCUT2D eigenvalue weighted by Gasteiger charge is -2.34. The standard InChI is InChI=1S/C18H19ClN4O4S/c1-2-16-20-21-18(27-16)13-11-17(26-12-13)28(24,25)23-9-7-22(8-10-23)15-5-3-14(19)4-6-15/h3-6,11-12H,2,7-10H2,1H3. The molecule has 1 fully saturated rings. The van der Waals surface area contributed by atoms with Gasteiger partial charge in [0.2, 0.25) is 11.0 Å². The Morgan fingerprint density at radius 1 is 1.11 bits per heavy atom. The second-order valence-electron chi connectivity index (χ2n) is 6.38. The molecule has 0 aliphatic carbocycles. The van der Waals surface area contributed by atoms with Crippen LogP contribution in [0.2, 0.25) is 5.02 Å². The monoisotopic (exact) mass is 422 g/mol. The van der Waals surface area contributed by atoms with E-state index in [-0.39, 0.29) is 11.0 Å². The number of nitrogens with zero attached hydrogens (tertiary/aromatic N) is 4. The third kappa shape index (κ3) is 3.65. The summed E-state index contributed by atoms with van der Waals surface area (Å²) in [7, 11) is -3.73. The first kappa shape index (κ1) is 19.0. The number of benzene rings is 1. The molecule has 3 aromatic rings. The van der Waals surface area contributed by atoms with E-state index in [2.05, 4.69) is 15.1 Å². The highest BCUT2D eigenvalue weighted by Crippen LogP contribution is 2.27. The smallest absolute Gasteiger partial charge is 0.276 e. The van der Waals surface area contributed by atoms with Gasteiger partial charge in [0.15, 0.2) is 0 Å². The van der Waals surface area contributed by atoms with Crippen LogP contribution >= 0.6 is 11.6 Å². The van der Waals surface area contributed by atoms with E-state index in [1.807, 2.05) is 31.2 Å². The van der Waals surface area contributed by atoms with Crippen LogP contribution < -0.4 is 4.90 Å².